The van der Waals surface area contributed by atoms with Crippen molar-refractivity contribution in [2.24, 2.45) is 5.16 Å². The number of hydrogen-bond donors (Lipinski definition) is 0. The maximum absolute atomic E-state index is 13.5. The van der Waals surface area contributed by atoms with Crippen LogP contribution in [0.2, 0.25) is 0 Å². The summed E-state index contributed by atoms with van der Waals surface area (Å²) in [5.41, 5.74) is 3.78. The van der Waals surface area contributed by atoms with Crippen LogP contribution in [-0.2, 0) is 25.7 Å². The second-order valence-electron chi connectivity index (χ2n) is 9.28. The van der Waals surface area contributed by atoms with Crippen molar-refractivity contribution in [3.63, 3.8) is 0 Å². The second-order valence-corrected chi connectivity index (χ2v) is 9.28. The maximum Gasteiger partial charge on any atom is 0.331 e. The van der Waals surface area contributed by atoms with Gasteiger partial charge < -0.3 is 18.9 Å². The number of hydrogen-bond acceptors (Lipinski definition) is 8. The van der Waals surface area contributed by atoms with E-state index in [4.69, 9.17) is 14.3 Å². The Kier molecular flexibility index (Phi) is 7.29. The highest BCUT2D eigenvalue weighted by molar-refractivity contribution is 6.47. The van der Waals surface area contributed by atoms with Crippen molar-refractivity contribution < 1.29 is 33.5 Å². The normalized spacial score (nSPS) is 13.9. The molecule has 202 valence electrons. The van der Waals surface area contributed by atoms with Crippen LogP contribution in [-0.4, -0.2) is 47.0 Å². The van der Waals surface area contributed by atoms with Gasteiger partial charge in [-0.3, -0.25) is 9.59 Å². The summed E-state index contributed by atoms with van der Waals surface area (Å²) < 4.78 is 13.3. The molecule has 9 heteroatoms. The minimum Gasteiger partial charge on any atom is -0.492 e. The number of ether oxygens (including phenoxy) is 2. The Morgan fingerprint density at radius 1 is 1.10 bits per heavy atom. The number of Topliss-reactive ketones (excluding diaryl/α,β-unsaturated/α-hetero) is 1. The first kappa shape index (κ1) is 26.6. The maximum atomic E-state index is 13.5. The standard InChI is InChI=1S/C31H26N2O7/c1-4-27(35)38-16-14-33-25-11-9-20(29(36)21-8-6-5-7-18(21)2)17-23(25)28-26(33)12-10-22-30(37)24(32-40-19(3)34)13-15-39-31(22)28/h4-12,17H,1,13-16H2,2-3H3/b32-24+. The second kappa shape index (κ2) is 11.0. The molecular formula is C31H26N2O7. The van der Waals surface area contributed by atoms with E-state index in [0.29, 0.717) is 34.2 Å². The number of ketones is 2. The van der Waals surface area contributed by atoms with Crippen molar-refractivity contribution in [2.75, 3.05) is 13.2 Å². The smallest absolute Gasteiger partial charge is 0.331 e. The topological polar surface area (TPSA) is 113 Å². The highest BCUT2D eigenvalue weighted by Crippen LogP contribution is 2.40. The molecule has 4 aromatic rings. The summed E-state index contributed by atoms with van der Waals surface area (Å²) in [5, 5.41) is 5.09. The summed E-state index contributed by atoms with van der Waals surface area (Å²) in [7, 11) is 0. The Morgan fingerprint density at radius 3 is 2.62 bits per heavy atom. The van der Waals surface area contributed by atoms with Crippen LogP contribution in [0.3, 0.4) is 0 Å². The molecular weight excluding hydrogens is 512 g/mol. The van der Waals surface area contributed by atoms with Crippen molar-refractivity contribution in [1.29, 1.82) is 0 Å². The molecule has 0 aliphatic carbocycles. The summed E-state index contributed by atoms with van der Waals surface area (Å²) in [6, 6.07) is 16.2. The van der Waals surface area contributed by atoms with Gasteiger partial charge in [-0.2, -0.15) is 0 Å². The van der Waals surface area contributed by atoms with Crippen LogP contribution in [0.25, 0.3) is 21.8 Å². The summed E-state index contributed by atoms with van der Waals surface area (Å²) in [6.45, 7) is 7.05. The molecule has 0 atom stereocenters. The fraction of sp³-hybridized carbons (Fsp3) is 0.194. The SMILES string of the molecule is C=CC(=O)OCCn1c2ccc(C(=O)c3ccccc3C)cc2c2c3c(ccc21)C(=O)/C(=N/OC(C)=O)CCO3. The molecule has 0 saturated carbocycles. The van der Waals surface area contributed by atoms with Crippen molar-refractivity contribution >= 4 is 51.0 Å². The van der Waals surface area contributed by atoms with E-state index < -0.39 is 17.7 Å². The number of oxime groups is 1. The van der Waals surface area contributed by atoms with Gasteiger partial charge in [-0.25, -0.2) is 9.59 Å². The Bertz CT molecular complexity index is 1750. The number of esters is 1. The summed E-state index contributed by atoms with van der Waals surface area (Å²) in [4.78, 5) is 54.5. The number of nitrogens with zero attached hydrogens (tertiary/aromatic N) is 2. The number of fused-ring (bicyclic) bond motifs is 5. The average Bonchev–Trinajstić information content (AvgIpc) is 3.17. The van der Waals surface area contributed by atoms with Gasteiger partial charge in [-0.15, -0.1) is 0 Å². The minimum absolute atomic E-state index is 0.0730. The van der Waals surface area contributed by atoms with Crippen LogP contribution in [0.1, 0.15) is 45.2 Å². The summed E-state index contributed by atoms with van der Waals surface area (Å²) >= 11 is 0. The van der Waals surface area contributed by atoms with E-state index in [0.717, 1.165) is 22.7 Å². The third-order valence-corrected chi connectivity index (χ3v) is 6.74. The highest BCUT2D eigenvalue weighted by Gasteiger charge is 2.28. The van der Waals surface area contributed by atoms with Crippen molar-refractivity contribution in [3.8, 4) is 5.75 Å². The van der Waals surface area contributed by atoms with Crippen LogP contribution in [0, 0.1) is 6.92 Å². The van der Waals surface area contributed by atoms with Crippen molar-refractivity contribution in [2.45, 2.75) is 26.8 Å². The molecule has 0 amide bonds. The van der Waals surface area contributed by atoms with E-state index in [1.807, 2.05) is 35.8 Å². The quantitative estimate of drug-likeness (QED) is 0.108. The molecule has 0 spiro atoms. The van der Waals surface area contributed by atoms with Gasteiger partial charge in [0, 0.05) is 41.5 Å². The van der Waals surface area contributed by atoms with Crippen LogP contribution < -0.4 is 4.74 Å². The van der Waals surface area contributed by atoms with E-state index in [-0.39, 0.29) is 36.7 Å². The van der Waals surface area contributed by atoms with Gasteiger partial charge in [-0.1, -0.05) is 36.0 Å². The predicted molar refractivity (Wildman–Crippen MR) is 149 cm³/mol. The van der Waals surface area contributed by atoms with E-state index >= 15 is 0 Å². The molecule has 0 unspecified atom stereocenters. The number of aryl methyl sites for hydroxylation is 1. The van der Waals surface area contributed by atoms with E-state index in [2.05, 4.69) is 11.7 Å². The Balaban J connectivity index is 1.70. The Hall–Kier alpha value is -5.05. The monoisotopic (exact) mass is 538 g/mol. The number of carbonyl (C=O) groups is 4. The largest absolute Gasteiger partial charge is 0.492 e. The number of benzene rings is 3. The lowest BCUT2D eigenvalue weighted by molar-refractivity contribution is -0.141. The molecule has 1 aliphatic heterocycles. The van der Waals surface area contributed by atoms with Crippen LogP contribution in [0.5, 0.6) is 5.75 Å². The molecule has 9 nitrogen and oxygen atoms in total. The number of aromatic nitrogens is 1. The first-order valence-corrected chi connectivity index (χ1v) is 12.7. The molecule has 40 heavy (non-hydrogen) atoms. The van der Waals surface area contributed by atoms with Gasteiger partial charge in [0.15, 0.2) is 5.78 Å². The van der Waals surface area contributed by atoms with Gasteiger partial charge in [0.2, 0.25) is 5.78 Å². The first-order valence-electron chi connectivity index (χ1n) is 12.7. The zero-order chi connectivity index (χ0) is 28.4. The van der Waals surface area contributed by atoms with Crippen molar-refractivity contribution in [1.82, 2.24) is 4.57 Å². The Labute approximate surface area is 229 Å². The molecule has 0 N–H and O–H groups in total. The van der Waals surface area contributed by atoms with Gasteiger partial charge in [-0.05, 0) is 42.8 Å². The molecule has 0 saturated heterocycles. The molecule has 0 radical (unpaired) electrons. The minimum atomic E-state index is -0.632. The predicted octanol–water partition coefficient (Wildman–Crippen LogP) is 4.95. The van der Waals surface area contributed by atoms with Gasteiger partial charge in [0.1, 0.15) is 18.1 Å². The molecule has 1 aliphatic rings. The molecule has 5 rings (SSSR count). The average molecular weight is 539 g/mol. The van der Waals surface area contributed by atoms with Crippen LogP contribution >= 0.6 is 0 Å². The van der Waals surface area contributed by atoms with Gasteiger partial charge in [0.05, 0.1) is 29.6 Å². The van der Waals surface area contributed by atoms with E-state index in [9.17, 15) is 19.2 Å². The lowest BCUT2D eigenvalue weighted by atomic mass is 9.97. The number of rotatable bonds is 7. The fourth-order valence-corrected chi connectivity index (χ4v) is 4.87. The summed E-state index contributed by atoms with van der Waals surface area (Å²) in [5.74, 6) is -1.36. The molecule has 0 bridgehead atoms. The highest BCUT2D eigenvalue weighted by atomic mass is 16.7. The third-order valence-electron chi connectivity index (χ3n) is 6.74. The molecule has 3 aromatic carbocycles. The van der Waals surface area contributed by atoms with Crippen LogP contribution in [0.15, 0.2) is 72.4 Å². The lowest BCUT2D eigenvalue weighted by Gasteiger charge is -2.10. The number of carbonyl (C=O) groups excluding carboxylic acids is 4. The zero-order valence-corrected chi connectivity index (χ0v) is 22.1. The molecule has 0 fully saturated rings. The fourth-order valence-electron chi connectivity index (χ4n) is 4.87. The van der Waals surface area contributed by atoms with Gasteiger partial charge in [0.25, 0.3) is 0 Å². The van der Waals surface area contributed by atoms with Gasteiger partial charge >= 0.3 is 11.9 Å². The first-order chi connectivity index (χ1) is 19.3. The Morgan fingerprint density at radius 2 is 1.88 bits per heavy atom. The van der Waals surface area contributed by atoms with E-state index in [1.54, 1.807) is 30.3 Å². The zero-order valence-electron chi connectivity index (χ0n) is 22.1. The molecule has 1 aromatic heterocycles. The lowest BCUT2D eigenvalue weighted by Crippen LogP contribution is -2.15. The molecule has 2 heterocycles. The third kappa shape index (κ3) is 4.89. The summed E-state index contributed by atoms with van der Waals surface area (Å²) in [6.07, 6.45) is 1.25. The van der Waals surface area contributed by atoms with E-state index in [1.165, 1.54) is 6.92 Å². The van der Waals surface area contributed by atoms with Crippen LogP contribution in [0.4, 0.5) is 0 Å². The van der Waals surface area contributed by atoms with Crippen molar-refractivity contribution in [3.05, 3.63) is 89.5 Å².